The van der Waals surface area contributed by atoms with Gasteiger partial charge < -0.3 is 9.72 Å². The number of nitrogens with zero attached hydrogens (tertiary/aromatic N) is 2. The molecule has 1 aliphatic rings. The Bertz CT molecular complexity index is 639. The van der Waals surface area contributed by atoms with Crippen LogP contribution in [-0.4, -0.2) is 16.6 Å². The maximum Gasteiger partial charge on any atom is 0.123 e. The van der Waals surface area contributed by atoms with Crippen LogP contribution in [0.2, 0.25) is 0 Å². The number of nitrogens with one attached hydrogen (secondary N) is 1. The third-order valence-electron chi connectivity index (χ3n) is 3.49. The van der Waals surface area contributed by atoms with Gasteiger partial charge in [-0.2, -0.15) is 5.26 Å². The van der Waals surface area contributed by atoms with E-state index in [2.05, 4.69) is 22.1 Å². The van der Waals surface area contributed by atoms with Crippen LogP contribution in [0, 0.1) is 11.3 Å². The molecule has 0 spiro atoms. The number of H-pyrrole nitrogens is 1. The molecule has 1 unspecified atom stereocenters. The van der Waals surface area contributed by atoms with Gasteiger partial charge in [-0.3, -0.25) is 0 Å². The Labute approximate surface area is 112 Å². The molecule has 0 bridgehead atoms. The predicted molar refractivity (Wildman–Crippen MR) is 71.9 cm³/mol. The predicted octanol–water partition coefficient (Wildman–Crippen LogP) is 3.03. The Morgan fingerprint density at radius 3 is 3.21 bits per heavy atom. The summed E-state index contributed by atoms with van der Waals surface area (Å²) in [5.41, 5.74) is 3.29. The van der Waals surface area contributed by atoms with Gasteiger partial charge in [0.25, 0.3) is 0 Å². The standard InChI is InChI=1S/C15H15N3O/c1-2-10(8-16)15-17-9-13(18-15)11-3-4-14-12(7-11)5-6-19-14/h3-4,7,9-10H,2,5-6H2,1H3,(H,17,18). The molecule has 1 atom stereocenters. The van der Waals surface area contributed by atoms with Crippen molar-refractivity contribution in [3.63, 3.8) is 0 Å². The van der Waals surface area contributed by atoms with Gasteiger partial charge >= 0.3 is 0 Å². The summed E-state index contributed by atoms with van der Waals surface area (Å²) in [6.45, 7) is 2.75. The Morgan fingerprint density at radius 1 is 1.53 bits per heavy atom. The molecule has 2 aromatic rings. The summed E-state index contributed by atoms with van der Waals surface area (Å²) in [6.07, 6.45) is 3.52. The van der Waals surface area contributed by atoms with Crippen LogP contribution in [0.5, 0.6) is 5.75 Å². The van der Waals surface area contributed by atoms with E-state index in [1.165, 1.54) is 5.56 Å². The zero-order valence-electron chi connectivity index (χ0n) is 10.8. The van der Waals surface area contributed by atoms with Crippen molar-refractivity contribution in [2.45, 2.75) is 25.7 Å². The van der Waals surface area contributed by atoms with Crippen LogP contribution in [0.1, 0.15) is 30.7 Å². The number of aromatic nitrogens is 2. The van der Waals surface area contributed by atoms with Crippen LogP contribution < -0.4 is 4.74 Å². The molecule has 19 heavy (non-hydrogen) atoms. The van der Waals surface area contributed by atoms with Crippen molar-refractivity contribution >= 4 is 0 Å². The van der Waals surface area contributed by atoms with Gasteiger partial charge in [0.2, 0.25) is 0 Å². The van der Waals surface area contributed by atoms with Crippen molar-refractivity contribution in [2.75, 3.05) is 6.61 Å². The van der Waals surface area contributed by atoms with Gasteiger partial charge in [-0.1, -0.05) is 6.92 Å². The van der Waals surface area contributed by atoms with Crippen LogP contribution in [0.25, 0.3) is 11.3 Å². The van der Waals surface area contributed by atoms with Gasteiger partial charge in [-0.15, -0.1) is 0 Å². The molecule has 0 radical (unpaired) electrons. The van der Waals surface area contributed by atoms with E-state index in [4.69, 9.17) is 10.00 Å². The van der Waals surface area contributed by atoms with Crippen molar-refractivity contribution in [1.29, 1.82) is 5.26 Å². The lowest BCUT2D eigenvalue weighted by atomic mass is 10.1. The Morgan fingerprint density at radius 2 is 2.42 bits per heavy atom. The minimum atomic E-state index is -0.161. The van der Waals surface area contributed by atoms with Gasteiger partial charge in [-0.05, 0) is 30.2 Å². The highest BCUT2D eigenvalue weighted by Crippen LogP contribution is 2.30. The summed E-state index contributed by atoms with van der Waals surface area (Å²) in [6, 6.07) is 8.41. The second kappa shape index (κ2) is 4.77. The van der Waals surface area contributed by atoms with E-state index in [0.29, 0.717) is 0 Å². The quantitative estimate of drug-likeness (QED) is 0.914. The molecular weight excluding hydrogens is 238 g/mol. The van der Waals surface area contributed by atoms with E-state index in [-0.39, 0.29) is 5.92 Å². The van der Waals surface area contributed by atoms with Gasteiger partial charge in [-0.25, -0.2) is 4.98 Å². The molecule has 0 saturated carbocycles. The fraction of sp³-hybridized carbons (Fsp3) is 0.333. The Kier molecular flexibility index (Phi) is 2.96. The van der Waals surface area contributed by atoms with E-state index in [0.717, 1.165) is 42.3 Å². The van der Waals surface area contributed by atoms with Crippen molar-refractivity contribution in [1.82, 2.24) is 9.97 Å². The molecule has 1 N–H and O–H groups in total. The second-order valence-electron chi connectivity index (χ2n) is 4.69. The second-order valence-corrected chi connectivity index (χ2v) is 4.69. The lowest BCUT2D eigenvalue weighted by Crippen LogP contribution is -1.95. The molecular formula is C15H15N3O. The number of imidazole rings is 1. The molecule has 4 nitrogen and oxygen atoms in total. The van der Waals surface area contributed by atoms with Gasteiger partial charge in [0.1, 0.15) is 17.5 Å². The third-order valence-corrected chi connectivity index (χ3v) is 3.49. The molecule has 0 fully saturated rings. The largest absolute Gasteiger partial charge is 0.493 e. The lowest BCUT2D eigenvalue weighted by Gasteiger charge is -2.03. The third kappa shape index (κ3) is 2.08. The van der Waals surface area contributed by atoms with Crippen molar-refractivity contribution in [3.05, 3.63) is 35.8 Å². The van der Waals surface area contributed by atoms with Crippen LogP contribution in [0.4, 0.5) is 0 Å². The van der Waals surface area contributed by atoms with Gasteiger partial charge in [0, 0.05) is 12.0 Å². The van der Waals surface area contributed by atoms with E-state index in [9.17, 15) is 0 Å². The Balaban J connectivity index is 1.93. The fourth-order valence-electron chi connectivity index (χ4n) is 2.36. The maximum atomic E-state index is 9.06. The summed E-state index contributed by atoms with van der Waals surface area (Å²) in [4.78, 5) is 7.57. The molecule has 4 heteroatoms. The first kappa shape index (κ1) is 11.8. The van der Waals surface area contributed by atoms with Crippen LogP contribution in [-0.2, 0) is 6.42 Å². The molecule has 2 heterocycles. The highest BCUT2D eigenvalue weighted by molar-refractivity contribution is 5.62. The summed E-state index contributed by atoms with van der Waals surface area (Å²) < 4.78 is 5.50. The van der Waals surface area contributed by atoms with Crippen molar-refractivity contribution in [3.8, 4) is 23.1 Å². The number of ether oxygens (including phenoxy) is 1. The summed E-state index contributed by atoms with van der Waals surface area (Å²) in [7, 11) is 0. The molecule has 0 saturated heterocycles. The summed E-state index contributed by atoms with van der Waals surface area (Å²) in [5.74, 6) is 1.57. The number of aromatic amines is 1. The molecule has 0 amide bonds. The van der Waals surface area contributed by atoms with E-state index >= 15 is 0 Å². The molecule has 1 aromatic carbocycles. The van der Waals surface area contributed by atoms with Crippen LogP contribution in [0.15, 0.2) is 24.4 Å². The summed E-state index contributed by atoms with van der Waals surface area (Å²) in [5, 5.41) is 9.06. The first-order valence-electron chi connectivity index (χ1n) is 6.52. The SMILES string of the molecule is CCC(C#N)c1ncc(-c2ccc3c(c2)CCO3)[nH]1. The highest BCUT2D eigenvalue weighted by atomic mass is 16.5. The smallest absolute Gasteiger partial charge is 0.123 e. The zero-order valence-corrected chi connectivity index (χ0v) is 10.8. The molecule has 1 aliphatic heterocycles. The number of hydrogen-bond acceptors (Lipinski definition) is 3. The highest BCUT2D eigenvalue weighted by Gasteiger charge is 2.15. The number of fused-ring (bicyclic) bond motifs is 1. The zero-order chi connectivity index (χ0) is 13.2. The van der Waals surface area contributed by atoms with Crippen LogP contribution >= 0.6 is 0 Å². The van der Waals surface area contributed by atoms with Crippen molar-refractivity contribution in [2.24, 2.45) is 0 Å². The lowest BCUT2D eigenvalue weighted by molar-refractivity contribution is 0.357. The number of hydrogen-bond donors (Lipinski definition) is 1. The van der Waals surface area contributed by atoms with E-state index in [1.54, 1.807) is 6.20 Å². The monoisotopic (exact) mass is 253 g/mol. The Hall–Kier alpha value is -2.28. The maximum absolute atomic E-state index is 9.06. The summed E-state index contributed by atoms with van der Waals surface area (Å²) >= 11 is 0. The number of nitriles is 1. The van der Waals surface area contributed by atoms with Gasteiger partial charge in [0.05, 0.1) is 24.6 Å². The molecule has 1 aromatic heterocycles. The first-order valence-corrected chi connectivity index (χ1v) is 6.52. The number of rotatable bonds is 3. The van der Waals surface area contributed by atoms with Gasteiger partial charge in [0.15, 0.2) is 0 Å². The average Bonchev–Trinajstić information content (AvgIpc) is 3.08. The molecule has 96 valence electrons. The minimum absolute atomic E-state index is 0.161. The number of benzene rings is 1. The minimum Gasteiger partial charge on any atom is -0.493 e. The first-order chi connectivity index (χ1) is 9.31. The molecule has 3 rings (SSSR count). The topological polar surface area (TPSA) is 61.7 Å². The van der Waals surface area contributed by atoms with E-state index < -0.39 is 0 Å². The fourth-order valence-corrected chi connectivity index (χ4v) is 2.36. The molecule has 0 aliphatic carbocycles. The average molecular weight is 253 g/mol. The normalized spacial score (nSPS) is 14.5. The van der Waals surface area contributed by atoms with E-state index in [1.807, 2.05) is 19.1 Å². The van der Waals surface area contributed by atoms with Crippen molar-refractivity contribution < 1.29 is 4.74 Å². The van der Waals surface area contributed by atoms with Crippen LogP contribution in [0.3, 0.4) is 0 Å².